The van der Waals surface area contributed by atoms with Crippen molar-refractivity contribution in [3.05, 3.63) is 53.2 Å². The van der Waals surface area contributed by atoms with Gasteiger partial charge in [0.1, 0.15) is 11.6 Å². The second kappa shape index (κ2) is 5.31. The second-order valence-electron chi connectivity index (χ2n) is 5.61. The third kappa shape index (κ3) is 2.68. The quantitative estimate of drug-likeness (QED) is 0.853. The number of halogens is 1. The zero-order valence-corrected chi connectivity index (χ0v) is 12.0. The minimum Gasteiger partial charge on any atom is -0.361 e. The van der Waals surface area contributed by atoms with E-state index in [1.807, 2.05) is 11.8 Å². The van der Waals surface area contributed by atoms with E-state index < -0.39 is 0 Å². The van der Waals surface area contributed by atoms with Gasteiger partial charge in [0.25, 0.3) is 5.91 Å². The first-order chi connectivity index (χ1) is 10.0. The van der Waals surface area contributed by atoms with Crippen LogP contribution in [0.4, 0.5) is 4.39 Å². The topological polar surface area (TPSA) is 46.3 Å². The lowest BCUT2D eigenvalue weighted by Crippen LogP contribution is -2.34. The fraction of sp³-hybridized carbons (Fsp3) is 0.375. The van der Waals surface area contributed by atoms with Gasteiger partial charge in [0.05, 0.1) is 0 Å². The molecular weight excluding hydrogens is 271 g/mol. The summed E-state index contributed by atoms with van der Waals surface area (Å²) in [5, 5.41) is 3.79. The molecule has 2 aromatic rings. The van der Waals surface area contributed by atoms with Crippen LogP contribution in [-0.4, -0.2) is 28.6 Å². The lowest BCUT2D eigenvalue weighted by atomic mass is 9.97. The maximum absolute atomic E-state index is 13.0. The van der Waals surface area contributed by atoms with Crippen LogP contribution in [0.25, 0.3) is 0 Å². The average Bonchev–Trinajstić information content (AvgIpc) is 3.05. The Morgan fingerprint density at radius 1 is 1.38 bits per heavy atom. The average molecular weight is 288 g/mol. The molecule has 4 nitrogen and oxygen atoms in total. The van der Waals surface area contributed by atoms with Crippen molar-refractivity contribution in [2.75, 3.05) is 6.54 Å². The Morgan fingerprint density at radius 3 is 2.71 bits per heavy atom. The molecule has 0 bridgehead atoms. The first kappa shape index (κ1) is 13.8. The fourth-order valence-electron chi connectivity index (χ4n) is 2.90. The first-order valence-corrected chi connectivity index (χ1v) is 7.04. The van der Waals surface area contributed by atoms with Crippen LogP contribution in [0.1, 0.15) is 41.1 Å². The van der Waals surface area contributed by atoms with Gasteiger partial charge in [0.15, 0.2) is 5.69 Å². The van der Waals surface area contributed by atoms with Crippen molar-refractivity contribution in [1.29, 1.82) is 0 Å². The standard InChI is InChI=1S/C16H17FN2O2/c1-10-7-13(12-3-5-14(17)6-4-12)9-19(10)16(20)15-8-11(2)21-18-15/h3-6,8,10,13H,7,9H2,1-2H3/t10-,13+/m1/s1. The number of carbonyl (C=O) groups is 1. The van der Waals surface area contributed by atoms with Crippen molar-refractivity contribution in [1.82, 2.24) is 10.1 Å². The smallest absolute Gasteiger partial charge is 0.276 e. The summed E-state index contributed by atoms with van der Waals surface area (Å²) in [4.78, 5) is 14.3. The maximum Gasteiger partial charge on any atom is 0.276 e. The highest BCUT2D eigenvalue weighted by Crippen LogP contribution is 2.32. The molecule has 2 atom stereocenters. The van der Waals surface area contributed by atoms with E-state index in [2.05, 4.69) is 5.16 Å². The van der Waals surface area contributed by atoms with Crippen LogP contribution >= 0.6 is 0 Å². The van der Waals surface area contributed by atoms with Gasteiger partial charge in [-0.25, -0.2) is 4.39 Å². The summed E-state index contributed by atoms with van der Waals surface area (Å²) in [5.74, 6) is 0.512. The molecule has 0 aliphatic carbocycles. The molecule has 1 fully saturated rings. The summed E-state index contributed by atoms with van der Waals surface area (Å²) in [6.45, 7) is 4.41. The fourth-order valence-corrected chi connectivity index (χ4v) is 2.90. The number of carbonyl (C=O) groups excluding carboxylic acids is 1. The third-order valence-corrected chi connectivity index (χ3v) is 4.02. The van der Waals surface area contributed by atoms with E-state index >= 15 is 0 Å². The van der Waals surface area contributed by atoms with Gasteiger partial charge < -0.3 is 9.42 Å². The van der Waals surface area contributed by atoms with E-state index in [1.165, 1.54) is 12.1 Å². The Kier molecular flexibility index (Phi) is 3.49. The van der Waals surface area contributed by atoms with Crippen molar-refractivity contribution in [3.63, 3.8) is 0 Å². The number of nitrogens with zero attached hydrogens (tertiary/aromatic N) is 2. The van der Waals surface area contributed by atoms with E-state index in [0.717, 1.165) is 12.0 Å². The predicted octanol–water partition coefficient (Wildman–Crippen LogP) is 3.14. The van der Waals surface area contributed by atoms with Gasteiger partial charge in [-0.3, -0.25) is 4.79 Å². The van der Waals surface area contributed by atoms with E-state index in [9.17, 15) is 9.18 Å². The number of rotatable bonds is 2. The van der Waals surface area contributed by atoms with Crippen molar-refractivity contribution in [3.8, 4) is 0 Å². The van der Waals surface area contributed by atoms with E-state index in [-0.39, 0.29) is 23.7 Å². The Balaban J connectivity index is 1.77. The lowest BCUT2D eigenvalue weighted by molar-refractivity contribution is 0.0735. The van der Waals surface area contributed by atoms with Crippen molar-refractivity contribution < 1.29 is 13.7 Å². The Labute approximate surface area is 122 Å². The van der Waals surface area contributed by atoms with Crippen LogP contribution in [0.2, 0.25) is 0 Å². The van der Waals surface area contributed by atoms with E-state index in [0.29, 0.717) is 18.0 Å². The third-order valence-electron chi connectivity index (χ3n) is 4.02. The number of benzene rings is 1. The van der Waals surface area contributed by atoms with Gasteiger partial charge in [-0.2, -0.15) is 0 Å². The summed E-state index contributed by atoms with van der Waals surface area (Å²) < 4.78 is 18.0. The monoisotopic (exact) mass is 288 g/mol. The molecule has 21 heavy (non-hydrogen) atoms. The van der Waals surface area contributed by atoms with Crippen LogP contribution in [0.3, 0.4) is 0 Å². The van der Waals surface area contributed by atoms with E-state index in [4.69, 9.17) is 4.52 Å². The molecule has 0 radical (unpaired) electrons. The molecule has 0 spiro atoms. The van der Waals surface area contributed by atoms with Crippen LogP contribution in [0.15, 0.2) is 34.9 Å². The summed E-state index contributed by atoms with van der Waals surface area (Å²) in [7, 11) is 0. The van der Waals surface area contributed by atoms with Gasteiger partial charge in [0, 0.05) is 24.6 Å². The molecule has 0 N–H and O–H groups in total. The second-order valence-corrected chi connectivity index (χ2v) is 5.61. The molecule has 1 aromatic carbocycles. The van der Waals surface area contributed by atoms with Crippen LogP contribution in [0, 0.1) is 12.7 Å². The molecule has 2 heterocycles. The van der Waals surface area contributed by atoms with Gasteiger partial charge in [-0.15, -0.1) is 0 Å². The molecule has 1 aliphatic heterocycles. The SMILES string of the molecule is Cc1cc(C(=O)N2C[C@@H](c3ccc(F)cc3)C[C@H]2C)no1. The highest BCUT2D eigenvalue weighted by molar-refractivity contribution is 5.92. The first-order valence-electron chi connectivity index (χ1n) is 7.04. The molecule has 1 aromatic heterocycles. The minimum absolute atomic E-state index is 0.107. The summed E-state index contributed by atoms with van der Waals surface area (Å²) in [6, 6.07) is 8.30. The molecule has 1 amide bonds. The Hall–Kier alpha value is -2.17. The molecule has 5 heteroatoms. The van der Waals surface area contributed by atoms with Gasteiger partial charge in [-0.1, -0.05) is 17.3 Å². The van der Waals surface area contributed by atoms with Crippen LogP contribution in [0.5, 0.6) is 0 Å². The van der Waals surface area contributed by atoms with Crippen molar-refractivity contribution >= 4 is 5.91 Å². The molecule has 0 saturated carbocycles. The lowest BCUT2D eigenvalue weighted by Gasteiger charge is -2.19. The zero-order chi connectivity index (χ0) is 15.0. The minimum atomic E-state index is -0.240. The van der Waals surface area contributed by atoms with Gasteiger partial charge in [0.2, 0.25) is 0 Å². The zero-order valence-electron chi connectivity index (χ0n) is 12.0. The highest BCUT2D eigenvalue weighted by atomic mass is 19.1. The molecule has 1 saturated heterocycles. The largest absolute Gasteiger partial charge is 0.361 e. The summed E-state index contributed by atoms with van der Waals surface area (Å²) in [6.07, 6.45) is 0.869. The highest BCUT2D eigenvalue weighted by Gasteiger charge is 2.34. The van der Waals surface area contributed by atoms with Crippen LogP contribution < -0.4 is 0 Å². The predicted molar refractivity (Wildman–Crippen MR) is 75.5 cm³/mol. The molecular formula is C16H17FN2O2. The normalized spacial score (nSPS) is 21.8. The van der Waals surface area contributed by atoms with E-state index in [1.54, 1.807) is 25.1 Å². The molecule has 1 aliphatic rings. The molecule has 110 valence electrons. The molecule has 3 rings (SSSR count). The van der Waals surface area contributed by atoms with Gasteiger partial charge in [-0.05, 0) is 38.0 Å². The Bertz CT molecular complexity index is 651. The number of hydrogen-bond acceptors (Lipinski definition) is 3. The number of hydrogen-bond donors (Lipinski definition) is 0. The number of aromatic nitrogens is 1. The maximum atomic E-state index is 13.0. The number of amides is 1. The summed E-state index contributed by atoms with van der Waals surface area (Å²) >= 11 is 0. The van der Waals surface area contributed by atoms with Gasteiger partial charge >= 0.3 is 0 Å². The van der Waals surface area contributed by atoms with Crippen LogP contribution in [-0.2, 0) is 0 Å². The van der Waals surface area contributed by atoms with Crippen molar-refractivity contribution in [2.24, 2.45) is 0 Å². The Morgan fingerprint density at radius 2 is 2.10 bits per heavy atom. The number of likely N-dealkylation sites (tertiary alicyclic amines) is 1. The summed E-state index contributed by atoms with van der Waals surface area (Å²) in [5.41, 5.74) is 1.41. The number of aryl methyl sites for hydroxylation is 1. The van der Waals surface area contributed by atoms with Crippen molar-refractivity contribution in [2.45, 2.75) is 32.2 Å². The molecule has 0 unspecified atom stereocenters.